The number of benzene rings is 2. The summed E-state index contributed by atoms with van der Waals surface area (Å²) in [5.74, 6) is 0.647. The van der Waals surface area contributed by atoms with Crippen LogP contribution in [0.3, 0.4) is 0 Å². The Labute approximate surface area is 127 Å². The highest BCUT2D eigenvalue weighted by Crippen LogP contribution is 2.27. The number of nitrogens with one attached hydrogen (secondary N) is 1. The molecule has 2 aromatic rings. The van der Waals surface area contributed by atoms with Gasteiger partial charge in [0.15, 0.2) is 0 Å². The highest BCUT2D eigenvalue weighted by atomic mass is 35.5. The maximum absolute atomic E-state index is 12.1. The van der Waals surface area contributed by atoms with Gasteiger partial charge >= 0.3 is 0 Å². The van der Waals surface area contributed by atoms with Crippen LogP contribution in [0, 0.1) is 0 Å². The van der Waals surface area contributed by atoms with Crippen LogP contribution in [0.1, 0.15) is 15.9 Å². The van der Waals surface area contributed by atoms with Gasteiger partial charge in [-0.2, -0.15) is 0 Å². The largest absolute Gasteiger partial charge is 0.488 e. The molecule has 2 aromatic carbocycles. The minimum Gasteiger partial charge on any atom is -0.488 e. The number of carbonyl (C=O) groups is 1. The molecule has 0 bridgehead atoms. The zero-order valence-corrected chi connectivity index (χ0v) is 12.1. The molecule has 0 radical (unpaired) electrons. The molecule has 1 aliphatic rings. The molecule has 1 atom stereocenters. The van der Waals surface area contributed by atoms with Gasteiger partial charge in [0.1, 0.15) is 11.9 Å². The number of fused-ring (bicyclic) bond motifs is 1. The summed E-state index contributed by atoms with van der Waals surface area (Å²) in [6, 6.07) is 12.7. The Morgan fingerprint density at radius 2 is 2.14 bits per heavy atom. The van der Waals surface area contributed by atoms with E-state index in [4.69, 9.17) is 22.1 Å². The first kappa shape index (κ1) is 13.8. The van der Waals surface area contributed by atoms with Crippen molar-refractivity contribution in [3.8, 4) is 5.75 Å². The highest BCUT2D eigenvalue weighted by Gasteiger charge is 2.23. The maximum Gasteiger partial charge on any atom is 0.253 e. The Morgan fingerprint density at radius 3 is 2.95 bits per heavy atom. The van der Waals surface area contributed by atoms with E-state index < -0.39 is 0 Å². The zero-order valence-electron chi connectivity index (χ0n) is 11.3. The molecular formula is C16H15ClN2O2. The van der Waals surface area contributed by atoms with E-state index in [2.05, 4.69) is 5.32 Å². The average molecular weight is 303 g/mol. The fourth-order valence-electron chi connectivity index (χ4n) is 2.39. The van der Waals surface area contributed by atoms with Gasteiger partial charge in [0.05, 0.1) is 12.1 Å². The fraction of sp³-hybridized carbons (Fsp3) is 0.188. The molecule has 3 rings (SSSR count). The Kier molecular flexibility index (Phi) is 3.71. The van der Waals surface area contributed by atoms with Crippen molar-refractivity contribution in [3.05, 3.63) is 58.6 Å². The van der Waals surface area contributed by atoms with Crippen LogP contribution >= 0.6 is 11.6 Å². The first-order valence-electron chi connectivity index (χ1n) is 6.71. The summed E-state index contributed by atoms with van der Waals surface area (Å²) >= 11 is 5.89. The maximum atomic E-state index is 12.1. The predicted octanol–water partition coefficient (Wildman–Crippen LogP) is 2.66. The van der Waals surface area contributed by atoms with Crippen LogP contribution in [0.15, 0.2) is 42.5 Å². The summed E-state index contributed by atoms with van der Waals surface area (Å²) in [7, 11) is 0. The van der Waals surface area contributed by atoms with Crippen molar-refractivity contribution in [3.63, 3.8) is 0 Å². The number of hydrogen-bond acceptors (Lipinski definition) is 3. The molecule has 0 aromatic heterocycles. The number of carbonyl (C=O) groups excluding carboxylic acids is 1. The van der Waals surface area contributed by atoms with Crippen LogP contribution in [0.25, 0.3) is 0 Å². The second-order valence-electron chi connectivity index (χ2n) is 4.99. The molecule has 0 aliphatic carbocycles. The Bertz CT molecular complexity index is 663. The third-order valence-corrected chi connectivity index (χ3v) is 3.70. The summed E-state index contributed by atoms with van der Waals surface area (Å²) in [5.41, 5.74) is 7.75. The monoisotopic (exact) mass is 302 g/mol. The van der Waals surface area contributed by atoms with Crippen molar-refractivity contribution < 1.29 is 9.53 Å². The number of amides is 1. The predicted molar refractivity (Wildman–Crippen MR) is 82.8 cm³/mol. The molecular weight excluding hydrogens is 288 g/mol. The van der Waals surface area contributed by atoms with Crippen molar-refractivity contribution in [2.24, 2.45) is 0 Å². The van der Waals surface area contributed by atoms with Crippen molar-refractivity contribution in [1.82, 2.24) is 5.32 Å². The van der Waals surface area contributed by atoms with E-state index in [9.17, 15) is 4.79 Å². The first-order chi connectivity index (χ1) is 10.1. The smallest absolute Gasteiger partial charge is 0.253 e. The van der Waals surface area contributed by atoms with Crippen LogP contribution in [0.5, 0.6) is 5.75 Å². The molecule has 5 heteroatoms. The van der Waals surface area contributed by atoms with Crippen LogP contribution < -0.4 is 15.8 Å². The number of nitrogens with two attached hydrogens (primary N) is 1. The zero-order chi connectivity index (χ0) is 14.8. The molecule has 0 fully saturated rings. The van der Waals surface area contributed by atoms with Gasteiger partial charge in [-0.15, -0.1) is 0 Å². The third kappa shape index (κ3) is 2.95. The summed E-state index contributed by atoms with van der Waals surface area (Å²) in [6.07, 6.45) is 0.744. The van der Waals surface area contributed by atoms with E-state index in [1.165, 1.54) is 5.56 Å². The molecule has 1 heterocycles. The van der Waals surface area contributed by atoms with Crippen molar-refractivity contribution >= 4 is 23.2 Å². The van der Waals surface area contributed by atoms with Crippen molar-refractivity contribution in [1.29, 1.82) is 0 Å². The van der Waals surface area contributed by atoms with E-state index >= 15 is 0 Å². The molecule has 1 aliphatic heterocycles. The number of hydrogen-bond donors (Lipinski definition) is 2. The molecule has 0 spiro atoms. The minimum atomic E-state index is -0.241. The van der Waals surface area contributed by atoms with Gasteiger partial charge in [-0.3, -0.25) is 4.79 Å². The second kappa shape index (κ2) is 5.66. The van der Waals surface area contributed by atoms with Crippen molar-refractivity contribution in [2.45, 2.75) is 12.5 Å². The quantitative estimate of drug-likeness (QED) is 0.857. The summed E-state index contributed by atoms with van der Waals surface area (Å²) < 4.78 is 5.78. The van der Waals surface area contributed by atoms with Gasteiger partial charge in [-0.25, -0.2) is 0 Å². The fourth-order valence-corrected chi connectivity index (χ4v) is 2.57. The molecule has 108 valence electrons. The van der Waals surface area contributed by atoms with Gasteiger partial charge in [0.2, 0.25) is 0 Å². The van der Waals surface area contributed by atoms with Gasteiger partial charge in [0, 0.05) is 17.1 Å². The lowest BCUT2D eigenvalue weighted by Crippen LogP contribution is -2.34. The van der Waals surface area contributed by atoms with Gasteiger partial charge in [-0.1, -0.05) is 29.8 Å². The SMILES string of the molecule is Nc1ccc(Cl)cc1C(=O)NCC1Cc2ccccc2O1. The van der Waals surface area contributed by atoms with E-state index in [1.807, 2.05) is 24.3 Å². The Balaban J connectivity index is 1.61. The lowest BCUT2D eigenvalue weighted by Gasteiger charge is -2.13. The average Bonchev–Trinajstić information content (AvgIpc) is 2.90. The van der Waals surface area contributed by atoms with Crippen LogP contribution in [-0.2, 0) is 6.42 Å². The van der Waals surface area contributed by atoms with Crippen LogP contribution in [0.4, 0.5) is 5.69 Å². The Morgan fingerprint density at radius 1 is 1.33 bits per heavy atom. The number of halogens is 1. The summed E-state index contributed by atoms with van der Waals surface area (Å²) in [6.45, 7) is 0.430. The molecule has 21 heavy (non-hydrogen) atoms. The van der Waals surface area contributed by atoms with E-state index in [0.717, 1.165) is 12.2 Å². The Hall–Kier alpha value is -2.20. The molecule has 0 saturated carbocycles. The lowest BCUT2D eigenvalue weighted by atomic mass is 10.1. The summed E-state index contributed by atoms with van der Waals surface area (Å²) in [4.78, 5) is 12.1. The number of para-hydroxylation sites is 1. The van der Waals surface area contributed by atoms with Crippen LogP contribution in [-0.4, -0.2) is 18.6 Å². The number of ether oxygens (including phenoxy) is 1. The molecule has 3 N–H and O–H groups in total. The standard InChI is InChI=1S/C16H15ClN2O2/c17-11-5-6-14(18)13(8-11)16(20)19-9-12-7-10-3-1-2-4-15(10)21-12/h1-6,8,12H,7,9,18H2,(H,19,20). The highest BCUT2D eigenvalue weighted by molar-refractivity contribution is 6.31. The van der Waals surface area contributed by atoms with Gasteiger partial charge in [0.25, 0.3) is 5.91 Å². The van der Waals surface area contributed by atoms with Crippen LogP contribution in [0.2, 0.25) is 5.02 Å². The molecule has 1 amide bonds. The summed E-state index contributed by atoms with van der Waals surface area (Å²) in [5, 5.41) is 3.33. The molecule has 1 unspecified atom stereocenters. The number of anilines is 1. The minimum absolute atomic E-state index is 0.0493. The number of nitrogen functional groups attached to an aromatic ring is 1. The first-order valence-corrected chi connectivity index (χ1v) is 7.09. The van der Waals surface area contributed by atoms with E-state index in [1.54, 1.807) is 18.2 Å². The normalized spacial score (nSPS) is 16.1. The van der Waals surface area contributed by atoms with Crippen molar-refractivity contribution in [2.75, 3.05) is 12.3 Å². The van der Waals surface area contributed by atoms with E-state index in [-0.39, 0.29) is 12.0 Å². The second-order valence-corrected chi connectivity index (χ2v) is 5.43. The lowest BCUT2D eigenvalue weighted by molar-refractivity contribution is 0.0934. The van der Waals surface area contributed by atoms with Gasteiger partial charge in [-0.05, 0) is 29.8 Å². The van der Waals surface area contributed by atoms with E-state index in [0.29, 0.717) is 22.8 Å². The molecule has 0 saturated heterocycles. The molecule has 4 nitrogen and oxygen atoms in total. The third-order valence-electron chi connectivity index (χ3n) is 3.46. The number of rotatable bonds is 3. The topological polar surface area (TPSA) is 64.4 Å². The van der Waals surface area contributed by atoms with Gasteiger partial charge < -0.3 is 15.8 Å².